The molecule has 1 fully saturated rings. The minimum atomic E-state index is -0.486. The molecule has 1 saturated heterocycles. The Balaban J connectivity index is 1.83. The van der Waals surface area contributed by atoms with Crippen LogP contribution >= 0.6 is 12.2 Å². The first kappa shape index (κ1) is 23.2. The second-order valence-corrected chi connectivity index (χ2v) is 7.73. The number of thiocarbonyl (C=S) groups is 1. The zero-order chi connectivity index (χ0) is 24.1. The first-order valence-corrected chi connectivity index (χ1v) is 11.4. The van der Waals surface area contributed by atoms with Gasteiger partial charge in [0.1, 0.15) is 5.57 Å². The van der Waals surface area contributed by atoms with Gasteiger partial charge in [0.15, 0.2) is 16.6 Å². The minimum absolute atomic E-state index is 0.00656. The number of carbonyl (C=O) groups excluding carboxylic acids is 2. The molecule has 0 unspecified atom stereocenters. The molecule has 0 aliphatic carbocycles. The number of rotatable bonds is 7. The van der Waals surface area contributed by atoms with Crippen LogP contribution in [0.2, 0.25) is 0 Å². The number of hydrogen-bond acceptors (Lipinski definition) is 5. The molecule has 0 saturated carbocycles. The fourth-order valence-corrected chi connectivity index (χ4v) is 4.04. The van der Waals surface area contributed by atoms with E-state index in [2.05, 4.69) is 0 Å². The largest absolute Gasteiger partial charge is 0.490 e. The highest BCUT2D eigenvalue weighted by molar-refractivity contribution is 7.81. The van der Waals surface area contributed by atoms with Crippen molar-refractivity contribution in [2.24, 2.45) is 0 Å². The summed E-state index contributed by atoms with van der Waals surface area (Å²) in [5, 5.41) is 0.103. The number of benzene rings is 3. The average molecular weight is 473 g/mol. The number of hydrogen-bond donors (Lipinski definition) is 0. The van der Waals surface area contributed by atoms with Gasteiger partial charge >= 0.3 is 0 Å². The van der Waals surface area contributed by atoms with E-state index < -0.39 is 11.8 Å². The zero-order valence-corrected chi connectivity index (χ0v) is 19.7. The van der Waals surface area contributed by atoms with Crippen LogP contribution in [-0.2, 0) is 9.59 Å². The molecule has 0 atom stereocenters. The molecule has 7 heteroatoms. The molecule has 0 radical (unpaired) electrons. The third-order valence-corrected chi connectivity index (χ3v) is 5.52. The Hall–Kier alpha value is -3.97. The number of amides is 2. The van der Waals surface area contributed by atoms with Crippen LogP contribution in [0.25, 0.3) is 6.08 Å². The molecule has 4 rings (SSSR count). The van der Waals surface area contributed by atoms with E-state index in [0.717, 1.165) is 0 Å². The molecule has 172 valence electrons. The fraction of sp³-hybridized carbons (Fsp3) is 0.148. The van der Waals surface area contributed by atoms with Gasteiger partial charge in [0, 0.05) is 0 Å². The SMILES string of the molecule is CCOc1ccc(C=C2C(=O)N(c3ccccc3)C(=S)N(c3ccccc3)C2=O)cc1OCC. The topological polar surface area (TPSA) is 59.1 Å². The lowest BCUT2D eigenvalue weighted by Gasteiger charge is -2.36. The van der Waals surface area contributed by atoms with Crippen LogP contribution < -0.4 is 19.3 Å². The van der Waals surface area contributed by atoms with Gasteiger partial charge in [0.2, 0.25) is 0 Å². The Kier molecular flexibility index (Phi) is 7.04. The van der Waals surface area contributed by atoms with Gasteiger partial charge in [-0.25, -0.2) is 0 Å². The molecule has 1 heterocycles. The van der Waals surface area contributed by atoms with Gasteiger partial charge in [-0.2, -0.15) is 0 Å². The van der Waals surface area contributed by atoms with E-state index in [-0.39, 0.29) is 10.7 Å². The number of carbonyl (C=O) groups is 2. The second kappa shape index (κ2) is 10.3. The van der Waals surface area contributed by atoms with E-state index in [9.17, 15) is 9.59 Å². The number of ether oxygens (including phenoxy) is 2. The maximum Gasteiger partial charge on any atom is 0.270 e. The maximum atomic E-state index is 13.6. The summed E-state index contributed by atoms with van der Waals surface area (Å²) in [5.74, 6) is 0.177. The molecule has 2 amide bonds. The lowest BCUT2D eigenvalue weighted by molar-refractivity contribution is -0.120. The molecule has 34 heavy (non-hydrogen) atoms. The Morgan fingerprint density at radius 2 is 1.24 bits per heavy atom. The Labute approximate surface area is 204 Å². The summed E-state index contributed by atoms with van der Waals surface area (Å²) in [6.07, 6.45) is 1.57. The summed E-state index contributed by atoms with van der Waals surface area (Å²) >= 11 is 5.63. The molecule has 0 spiro atoms. The Morgan fingerprint density at radius 1 is 0.735 bits per heavy atom. The molecule has 1 aliphatic rings. The van der Waals surface area contributed by atoms with E-state index >= 15 is 0 Å². The van der Waals surface area contributed by atoms with Crippen molar-refractivity contribution in [2.75, 3.05) is 23.0 Å². The predicted molar refractivity (Wildman–Crippen MR) is 137 cm³/mol. The quantitative estimate of drug-likeness (QED) is 0.268. The molecule has 3 aromatic carbocycles. The highest BCUT2D eigenvalue weighted by Gasteiger charge is 2.41. The summed E-state index contributed by atoms with van der Waals surface area (Å²) < 4.78 is 11.3. The highest BCUT2D eigenvalue weighted by atomic mass is 32.1. The molecular formula is C27H24N2O4S. The van der Waals surface area contributed by atoms with Crippen LogP contribution in [0, 0.1) is 0 Å². The Morgan fingerprint density at radius 3 is 1.74 bits per heavy atom. The van der Waals surface area contributed by atoms with Crippen LogP contribution in [0.1, 0.15) is 19.4 Å². The van der Waals surface area contributed by atoms with Gasteiger partial charge in [0.25, 0.3) is 11.8 Å². The summed E-state index contributed by atoms with van der Waals surface area (Å²) in [5.41, 5.74) is 1.79. The summed E-state index contributed by atoms with van der Waals surface area (Å²) in [7, 11) is 0. The van der Waals surface area contributed by atoms with Crippen molar-refractivity contribution < 1.29 is 19.1 Å². The minimum Gasteiger partial charge on any atom is -0.490 e. The lowest BCUT2D eigenvalue weighted by Crippen LogP contribution is -2.56. The molecule has 0 aromatic heterocycles. The van der Waals surface area contributed by atoms with E-state index in [1.165, 1.54) is 9.80 Å². The van der Waals surface area contributed by atoms with Gasteiger partial charge in [-0.3, -0.25) is 19.4 Å². The van der Waals surface area contributed by atoms with Crippen molar-refractivity contribution >= 4 is 46.6 Å². The average Bonchev–Trinajstić information content (AvgIpc) is 2.85. The molecule has 0 N–H and O–H groups in total. The lowest BCUT2D eigenvalue weighted by atomic mass is 10.0. The second-order valence-electron chi connectivity index (χ2n) is 7.37. The normalized spacial score (nSPS) is 13.8. The van der Waals surface area contributed by atoms with E-state index in [1.54, 1.807) is 48.5 Å². The number of anilines is 2. The smallest absolute Gasteiger partial charge is 0.270 e. The van der Waals surface area contributed by atoms with Crippen molar-refractivity contribution in [3.63, 3.8) is 0 Å². The number of para-hydroxylation sites is 2. The van der Waals surface area contributed by atoms with E-state index in [4.69, 9.17) is 21.7 Å². The highest BCUT2D eigenvalue weighted by Crippen LogP contribution is 2.32. The van der Waals surface area contributed by atoms with Gasteiger partial charge in [-0.05, 0) is 74.1 Å². The van der Waals surface area contributed by atoms with Gasteiger partial charge < -0.3 is 9.47 Å². The first-order chi connectivity index (χ1) is 16.5. The third kappa shape index (κ3) is 4.56. The van der Waals surface area contributed by atoms with Crippen molar-refractivity contribution in [3.05, 3.63) is 90.0 Å². The molecule has 6 nitrogen and oxygen atoms in total. The van der Waals surface area contributed by atoms with Crippen LogP contribution in [0.3, 0.4) is 0 Å². The predicted octanol–water partition coefficient (Wildman–Crippen LogP) is 5.23. The van der Waals surface area contributed by atoms with Crippen molar-refractivity contribution in [1.82, 2.24) is 0 Å². The van der Waals surface area contributed by atoms with Crippen molar-refractivity contribution in [3.8, 4) is 11.5 Å². The first-order valence-electron chi connectivity index (χ1n) is 11.0. The summed E-state index contributed by atoms with van der Waals surface area (Å²) in [6.45, 7) is 4.72. The summed E-state index contributed by atoms with van der Waals surface area (Å²) in [6, 6.07) is 23.4. The van der Waals surface area contributed by atoms with Crippen molar-refractivity contribution in [2.45, 2.75) is 13.8 Å². The van der Waals surface area contributed by atoms with Gasteiger partial charge in [-0.1, -0.05) is 42.5 Å². The Bertz CT molecular complexity index is 1180. The standard InChI is InChI=1S/C27H24N2O4S/c1-3-32-23-16-15-19(18-24(23)33-4-2)17-22-25(30)28(20-11-7-5-8-12-20)27(34)29(26(22)31)21-13-9-6-10-14-21/h5-18H,3-4H2,1-2H3. The number of nitrogens with zero attached hydrogens (tertiary/aromatic N) is 2. The monoisotopic (exact) mass is 472 g/mol. The molecular weight excluding hydrogens is 448 g/mol. The van der Waals surface area contributed by atoms with Crippen LogP contribution in [0.15, 0.2) is 84.4 Å². The van der Waals surface area contributed by atoms with Crippen LogP contribution in [0.5, 0.6) is 11.5 Å². The van der Waals surface area contributed by atoms with E-state index in [0.29, 0.717) is 41.7 Å². The third-order valence-electron chi connectivity index (χ3n) is 5.16. The van der Waals surface area contributed by atoms with Gasteiger partial charge in [0.05, 0.1) is 24.6 Å². The maximum absolute atomic E-state index is 13.6. The fourth-order valence-electron chi connectivity index (χ4n) is 3.66. The molecule has 3 aromatic rings. The molecule has 1 aliphatic heterocycles. The zero-order valence-electron chi connectivity index (χ0n) is 18.9. The summed E-state index contributed by atoms with van der Waals surface area (Å²) in [4.78, 5) is 29.9. The van der Waals surface area contributed by atoms with Crippen LogP contribution in [0.4, 0.5) is 11.4 Å². The van der Waals surface area contributed by atoms with Crippen molar-refractivity contribution in [1.29, 1.82) is 0 Å². The van der Waals surface area contributed by atoms with E-state index in [1.807, 2.05) is 50.2 Å². The van der Waals surface area contributed by atoms with Gasteiger partial charge in [-0.15, -0.1) is 0 Å². The molecule has 0 bridgehead atoms. The van der Waals surface area contributed by atoms with Crippen LogP contribution in [-0.4, -0.2) is 30.1 Å².